The number of non-ortho nitro benzene ring substituents is 1. The van der Waals surface area contributed by atoms with Crippen LogP contribution in [-0.2, 0) is 20.9 Å². The zero-order valence-corrected chi connectivity index (χ0v) is 20.8. The average molecular weight is 538 g/mol. The van der Waals surface area contributed by atoms with E-state index in [9.17, 15) is 34.4 Å². The monoisotopic (exact) mass is 537 g/mol. The van der Waals surface area contributed by atoms with E-state index in [1.807, 2.05) is 0 Å². The molecule has 0 aliphatic carbocycles. The Morgan fingerprint density at radius 3 is 2.47 bits per heavy atom. The molecule has 0 bridgehead atoms. The average Bonchev–Trinajstić information content (AvgIpc) is 3.30. The number of aromatic carboxylic acids is 1. The van der Waals surface area contributed by atoms with Crippen molar-refractivity contribution in [1.29, 1.82) is 0 Å². The van der Waals surface area contributed by atoms with Crippen LogP contribution in [0.2, 0.25) is 0 Å². The van der Waals surface area contributed by atoms with E-state index in [1.165, 1.54) is 35.2 Å². The van der Waals surface area contributed by atoms with Crippen LogP contribution in [0.15, 0.2) is 60.7 Å². The normalized spacial score (nSPS) is 16.7. The van der Waals surface area contributed by atoms with Crippen molar-refractivity contribution in [3.63, 3.8) is 0 Å². The number of fused-ring (bicyclic) bond motifs is 1. The number of nitrogens with zero attached hydrogens (tertiary/aromatic N) is 2. The Kier molecular flexibility index (Phi) is 7.91. The Labute approximate surface area is 221 Å². The number of nitrogens with one attached hydrogen (secondary N) is 1. The number of carboxylic acids is 1. The van der Waals surface area contributed by atoms with Crippen molar-refractivity contribution in [2.75, 3.05) is 11.9 Å². The maximum absolute atomic E-state index is 13.3. The lowest BCUT2D eigenvalue weighted by atomic mass is 10.0. The van der Waals surface area contributed by atoms with Gasteiger partial charge in [-0.15, -0.1) is 12.6 Å². The van der Waals surface area contributed by atoms with Crippen molar-refractivity contribution in [3.05, 3.63) is 81.9 Å². The Morgan fingerprint density at radius 2 is 1.82 bits per heavy atom. The predicted molar refractivity (Wildman–Crippen MR) is 140 cm³/mol. The highest BCUT2D eigenvalue weighted by Gasteiger charge is 2.41. The predicted octanol–water partition coefficient (Wildman–Crippen LogP) is 4.26. The lowest BCUT2D eigenvalue weighted by Gasteiger charge is -2.23. The number of nitro benzene ring substituents is 1. The molecule has 1 aliphatic heterocycles. The van der Waals surface area contributed by atoms with Crippen LogP contribution in [-0.4, -0.2) is 50.6 Å². The smallest absolute Gasteiger partial charge is 0.410 e. The molecule has 0 aromatic heterocycles. The van der Waals surface area contributed by atoms with Crippen LogP contribution in [0.3, 0.4) is 0 Å². The van der Waals surface area contributed by atoms with E-state index >= 15 is 0 Å². The molecule has 38 heavy (non-hydrogen) atoms. The molecule has 1 aliphatic rings. The molecule has 11 nitrogen and oxygen atoms in total. The van der Waals surface area contributed by atoms with Gasteiger partial charge in [-0.1, -0.05) is 24.3 Å². The van der Waals surface area contributed by atoms with Gasteiger partial charge in [0.2, 0.25) is 5.91 Å². The van der Waals surface area contributed by atoms with E-state index in [4.69, 9.17) is 4.74 Å². The van der Waals surface area contributed by atoms with Crippen LogP contribution >= 0.6 is 12.6 Å². The quantitative estimate of drug-likeness (QED) is 0.219. The number of ether oxygens (including phenoxy) is 1. The van der Waals surface area contributed by atoms with Crippen molar-refractivity contribution in [2.24, 2.45) is 5.92 Å². The van der Waals surface area contributed by atoms with E-state index in [2.05, 4.69) is 17.9 Å². The van der Waals surface area contributed by atoms with Crippen LogP contribution in [0.5, 0.6) is 0 Å². The first kappa shape index (κ1) is 26.6. The second-order valence-corrected chi connectivity index (χ2v) is 9.38. The molecule has 196 valence electrons. The van der Waals surface area contributed by atoms with Crippen LogP contribution in [0.4, 0.5) is 16.2 Å². The summed E-state index contributed by atoms with van der Waals surface area (Å²) in [5.74, 6) is -2.03. The number of nitro groups is 1. The van der Waals surface area contributed by atoms with E-state index in [-0.39, 0.29) is 54.0 Å². The number of hydrogen-bond donors (Lipinski definition) is 3. The molecule has 3 aromatic rings. The third-order valence-corrected chi connectivity index (χ3v) is 6.44. The number of rotatable bonds is 8. The number of likely N-dealkylation sites (tertiary alicyclic amines) is 1. The zero-order chi connectivity index (χ0) is 27.4. The van der Waals surface area contributed by atoms with Gasteiger partial charge in [0.25, 0.3) is 5.69 Å². The minimum absolute atomic E-state index is 0.0164. The molecule has 3 aromatic carbocycles. The highest BCUT2D eigenvalue weighted by molar-refractivity contribution is 7.96. The second kappa shape index (κ2) is 11.3. The number of anilines is 1. The van der Waals surface area contributed by atoms with Gasteiger partial charge in [0.1, 0.15) is 12.6 Å². The fourth-order valence-electron chi connectivity index (χ4n) is 4.50. The molecule has 0 radical (unpaired) electrons. The van der Waals surface area contributed by atoms with Crippen LogP contribution < -0.4 is 5.32 Å². The Hall–Kier alpha value is -4.45. The first-order chi connectivity index (χ1) is 18.1. The molecular weight excluding hydrogens is 514 g/mol. The maximum Gasteiger partial charge on any atom is 0.410 e. The molecule has 4 rings (SSSR count). The number of carboxylic acid groups (broad SMARTS) is 1. The van der Waals surface area contributed by atoms with Gasteiger partial charge in [-0.2, -0.15) is 0 Å². The van der Waals surface area contributed by atoms with Gasteiger partial charge in [0, 0.05) is 30.8 Å². The van der Waals surface area contributed by atoms with Crippen LogP contribution in [0, 0.1) is 16.0 Å². The largest absolute Gasteiger partial charge is 0.478 e. The molecule has 0 spiro atoms. The molecular formula is C26H23N3O8S. The number of thiol groups is 1. The molecule has 1 fully saturated rings. The fraction of sp³-hybridized carbons (Fsp3) is 0.231. The van der Waals surface area contributed by atoms with Gasteiger partial charge in [-0.25, -0.2) is 9.59 Å². The lowest BCUT2D eigenvalue weighted by molar-refractivity contribution is -0.384. The summed E-state index contributed by atoms with van der Waals surface area (Å²) >= 11 is 3.81. The SMILES string of the molecule is O=C(S)C[C@@H]1C[C@@H](C(=O)Nc2cc(C(=O)O)c3ccccc3c2)N(C(=O)OCc2ccc([N+](=O)[O-])cc2)C1. The van der Waals surface area contributed by atoms with E-state index < -0.39 is 28.9 Å². The summed E-state index contributed by atoms with van der Waals surface area (Å²) in [5.41, 5.74) is 0.681. The minimum Gasteiger partial charge on any atom is -0.478 e. The highest BCUT2D eigenvalue weighted by atomic mass is 32.1. The van der Waals surface area contributed by atoms with E-state index in [0.29, 0.717) is 16.3 Å². The number of benzene rings is 3. The van der Waals surface area contributed by atoms with E-state index in [1.54, 1.807) is 30.3 Å². The molecule has 0 unspecified atom stereocenters. The Balaban J connectivity index is 1.51. The molecule has 12 heteroatoms. The molecule has 1 heterocycles. The number of carbonyl (C=O) groups excluding carboxylic acids is 3. The Morgan fingerprint density at radius 1 is 1.11 bits per heavy atom. The van der Waals surface area contributed by atoms with Gasteiger partial charge in [0.05, 0.1) is 10.5 Å². The van der Waals surface area contributed by atoms with Crippen LogP contribution in [0.1, 0.15) is 28.8 Å². The van der Waals surface area contributed by atoms with Crippen molar-refractivity contribution in [1.82, 2.24) is 4.90 Å². The number of amides is 2. The minimum atomic E-state index is -1.15. The van der Waals surface area contributed by atoms with Gasteiger partial charge < -0.3 is 15.2 Å². The summed E-state index contributed by atoms with van der Waals surface area (Å²) in [6.45, 7) is -0.0912. The van der Waals surface area contributed by atoms with Gasteiger partial charge in [-0.05, 0) is 52.9 Å². The molecule has 1 saturated heterocycles. The van der Waals surface area contributed by atoms with Gasteiger partial charge >= 0.3 is 12.1 Å². The second-order valence-electron chi connectivity index (χ2n) is 8.89. The standard InChI is InChI=1S/C26H23N3O8S/c30-23(38)10-16-9-22(28(13-16)26(34)37-14-15-5-7-19(8-6-15)29(35)36)24(31)27-18-11-17-3-1-2-4-20(17)21(12-18)25(32)33/h1-8,11-12,16,22H,9-10,13-14H2,(H,27,31)(H,30,38)(H,32,33)/t16-,22-/m0/s1. The van der Waals surface area contributed by atoms with E-state index in [0.717, 1.165) is 0 Å². The van der Waals surface area contributed by atoms with Crippen molar-refractivity contribution in [2.45, 2.75) is 25.5 Å². The summed E-state index contributed by atoms with van der Waals surface area (Å²) in [7, 11) is 0. The fourth-order valence-corrected chi connectivity index (χ4v) is 4.75. The molecule has 0 saturated carbocycles. The molecule has 2 N–H and O–H groups in total. The third kappa shape index (κ3) is 6.09. The summed E-state index contributed by atoms with van der Waals surface area (Å²) in [5, 5.41) is 23.9. The first-order valence-electron chi connectivity index (χ1n) is 11.6. The maximum atomic E-state index is 13.3. The van der Waals surface area contributed by atoms with Gasteiger partial charge in [-0.3, -0.25) is 24.6 Å². The summed E-state index contributed by atoms with van der Waals surface area (Å²) in [4.78, 5) is 61.1. The summed E-state index contributed by atoms with van der Waals surface area (Å²) < 4.78 is 5.36. The van der Waals surface area contributed by atoms with Crippen LogP contribution in [0.25, 0.3) is 10.8 Å². The van der Waals surface area contributed by atoms with Crippen molar-refractivity contribution < 1.29 is 33.9 Å². The summed E-state index contributed by atoms with van der Waals surface area (Å²) in [6, 6.07) is 14.4. The third-order valence-electron chi connectivity index (χ3n) is 6.26. The lowest BCUT2D eigenvalue weighted by Crippen LogP contribution is -2.43. The molecule has 2 amide bonds. The van der Waals surface area contributed by atoms with Crippen molar-refractivity contribution >= 4 is 57.9 Å². The van der Waals surface area contributed by atoms with Crippen molar-refractivity contribution in [3.8, 4) is 0 Å². The first-order valence-corrected chi connectivity index (χ1v) is 12.0. The zero-order valence-electron chi connectivity index (χ0n) is 19.9. The molecule has 2 atom stereocenters. The Bertz CT molecular complexity index is 1430. The van der Waals surface area contributed by atoms with Gasteiger partial charge in [0.15, 0.2) is 5.12 Å². The number of carbonyl (C=O) groups is 4. The summed E-state index contributed by atoms with van der Waals surface area (Å²) in [6.07, 6.45) is -0.551. The topological polar surface area (TPSA) is 156 Å². The highest BCUT2D eigenvalue weighted by Crippen LogP contribution is 2.30. The number of hydrogen-bond acceptors (Lipinski definition) is 7.